The van der Waals surface area contributed by atoms with Crippen molar-refractivity contribution in [2.24, 2.45) is 0 Å². The summed E-state index contributed by atoms with van der Waals surface area (Å²) in [5, 5.41) is 11.4. The molecule has 0 saturated heterocycles. The minimum absolute atomic E-state index is 0.415. The van der Waals surface area contributed by atoms with E-state index in [-0.39, 0.29) is 0 Å². The lowest BCUT2D eigenvalue weighted by atomic mass is 10.1. The first-order valence-corrected chi connectivity index (χ1v) is 8.39. The summed E-state index contributed by atoms with van der Waals surface area (Å²) in [6.07, 6.45) is 1.53. The first kappa shape index (κ1) is 18.1. The maximum Gasteiger partial charge on any atom is 0.162 e. The monoisotopic (exact) mass is 387 g/mol. The topological polar surface area (TPSA) is 58.4 Å². The molecule has 0 aliphatic heterocycles. The van der Waals surface area contributed by atoms with Crippen LogP contribution < -0.4 is 14.4 Å². The van der Waals surface area contributed by atoms with Gasteiger partial charge in [-0.25, -0.2) is 0 Å². The van der Waals surface area contributed by atoms with Crippen molar-refractivity contribution >= 4 is 45.5 Å². The quantitative estimate of drug-likeness (QED) is 0.615. The van der Waals surface area contributed by atoms with Crippen molar-refractivity contribution in [3.8, 4) is 17.6 Å². The normalized spacial score (nSPS) is 10.5. The molecule has 0 aliphatic carbocycles. The van der Waals surface area contributed by atoms with Gasteiger partial charge in [0.1, 0.15) is 6.07 Å². The fourth-order valence-corrected chi connectivity index (χ4v) is 3.36. The van der Waals surface area contributed by atoms with Crippen molar-refractivity contribution in [1.29, 1.82) is 5.26 Å². The Hall–Kier alpha value is -2.68. The average molecular weight is 388 g/mol. The first-order valence-electron chi connectivity index (χ1n) is 7.63. The Kier molecular flexibility index (Phi) is 5.08. The van der Waals surface area contributed by atoms with Crippen LogP contribution in [0, 0.1) is 11.3 Å². The summed E-state index contributed by atoms with van der Waals surface area (Å²) in [5.41, 5.74) is 2.48. The molecule has 132 valence electrons. The van der Waals surface area contributed by atoms with E-state index in [9.17, 15) is 5.26 Å². The van der Waals surface area contributed by atoms with Gasteiger partial charge in [0.05, 0.1) is 41.7 Å². The number of rotatable bonds is 4. The molecule has 0 aliphatic rings. The van der Waals surface area contributed by atoms with Crippen LogP contribution in [0.2, 0.25) is 10.0 Å². The van der Waals surface area contributed by atoms with Crippen molar-refractivity contribution in [1.82, 2.24) is 4.98 Å². The zero-order chi connectivity index (χ0) is 18.8. The van der Waals surface area contributed by atoms with Crippen molar-refractivity contribution in [2.45, 2.75) is 0 Å². The molecular weight excluding hydrogens is 373 g/mol. The van der Waals surface area contributed by atoms with E-state index in [0.717, 1.165) is 11.1 Å². The molecule has 0 unspecified atom stereocenters. The van der Waals surface area contributed by atoms with Crippen LogP contribution in [-0.2, 0) is 0 Å². The lowest BCUT2D eigenvalue weighted by molar-refractivity contribution is 0.356. The second-order valence-electron chi connectivity index (χ2n) is 5.51. The number of benzene rings is 2. The Morgan fingerprint density at radius 3 is 2.38 bits per heavy atom. The fourth-order valence-electron chi connectivity index (χ4n) is 2.82. The summed E-state index contributed by atoms with van der Waals surface area (Å²) < 4.78 is 10.7. The number of nitriles is 1. The van der Waals surface area contributed by atoms with Crippen molar-refractivity contribution in [3.63, 3.8) is 0 Å². The van der Waals surface area contributed by atoms with E-state index in [1.165, 1.54) is 6.20 Å². The van der Waals surface area contributed by atoms with Gasteiger partial charge in [-0.3, -0.25) is 4.98 Å². The summed E-state index contributed by atoms with van der Waals surface area (Å²) in [6, 6.07) is 11.0. The lowest BCUT2D eigenvalue weighted by Gasteiger charge is -2.24. The van der Waals surface area contributed by atoms with Crippen LogP contribution in [-0.4, -0.2) is 26.3 Å². The highest BCUT2D eigenvalue weighted by molar-refractivity contribution is 6.36. The molecule has 3 rings (SSSR count). The third kappa shape index (κ3) is 3.10. The summed E-state index contributed by atoms with van der Waals surface area (Å²) >= 11 is 12.4. The average Bonchev–Trinajstić information content (AvgIpc) is 2.65. The molecule has 0 saturated carbocycles. The van der Waals surface area contributed by atoms with E-state index < -0.39 is 0 Å². The Labute approximate surface area is 161 Å². The van der Waals surface area contributed by atoms with E-state index in [0.29, 0.717) is 38.3 Å². The predicted octanol–water partition coefficient (Wildman–Crippen LogP) is 5.20. The highest BCUT2D eigenvalue weighted by atomic mass is 35.5. The number of ether oxygens (including phenoxy) is 2. The molecule has 0 N–H and O–H groups in total. The van der Waals surface area contributed by atoms with Crippen LogP contribution in [0.25, 0.3) is 10.9 Å². The number of halogens is 2. The third-order valence-electron chi connectivity index (χ3n) is 4.07. The van der Waals surface area contributed by atoms with Gasteiger partial charge >= 0.3 is 0 Å². The number of aromatic nitrogens is 1. The minimum Gasteiger partial charge on any atom is -0.493 e. The molecule has 3 aromatic rings. The Balaban J connectivity index is 2.30. The van der Waals surface area contributed by atoms with E-state index in [4.69, 9.17) is 32.7 Å². The van der Waals surface area contributed by atoms with E-state index in [1.807, 2.05) is 11.9 Å². The number of methoxy groups -OCH3 is 2. The maximum atomic E-state index is 9.59. The van der Waals surface area contributed by atoms with E-state index in [2.05, 4.69) is 11.1 Å². The van der Waals surface area contributed by atoms with Crippen molar-refractivity contribution in [3.05, 3.63) is 52.1 Å². The molecule has 0 radical (unpaired) electrons. The van der Waals surface area contributed by atoms with Crippen LogP contribution in [0.5, 0.6) is 11.5 Å². The van der Waals surface area contributed by atoms with Crippen LogP contribution in [0.1, 0.15) is 5.56 Å². The fraction of sp³-hybridized carbons (Fsp3) is 0.158. The molecule has 0 fully saturated rings. The number of nitrogens with zero attached hydrogens (tertiary/aromatic N) is 3. The van der Waals surface area contributed by atoms with Crippen LogP contribution in [0.15, 0.2) is 36.5 Å². The third-order valence-corrected chi connectivity index (χ3v) is 4.61. The molecule has 0 spiro atoms. The highest BCUT2D eigenvalue weighted by Gasteiger charge is 2.19. The van der Waals surface area contributed by atoms with E-state index >= 15 is 0 Å². The Morgan fingerprint density at radius 2 is 1.77 bits per heavy atom. The van der Waals surface area contributed by atoms with Gasteiger partial charge in [-0.05, 0) is 24.3 Å². The van der Waals surface area contributed by atoms with Crippen molar-refractivity contribution < 1.29 is 9.47 Å². The smallest absolute Gasteiger partial charge is 0.162 e. The van der Waals surface area contributed by atoms with Gasteiger partial charge < -0.3 is 14.4 Å². The molecule has 0 bridgehead atoms. The maximum absolute atomic E-state index is 9.59. The molecule has 1 aromatic heterocycles. The molecule has 0 amide bonds. The summed E-state index contributed by atoms with van der Waals surface area (Å²) in [5.74, 6) is 1.11. The number of anilines is 2. The molecule has 2 aromatic carbocycles. The summed E-state index contributed by atoms with van der Waals surface area (Å²) in [7, 11) is 4.96. The van der Waals surface area contributed by atoms with Crippen LogP contribution in [0.4, 0.5) is 11.4 Å². The van der Waals surface area contributed by atoms with Crippen LogP contribution in [0.3, 0.4) is 0 Å². The zero-order valence-corrected chi connectivity index (χ0v) is 15.9. The standard InChI is InChI=1S/C19H15Cl2N3O2/c1-24(16-5-4-12(20)6-14(16)21)19-11(9-22)10-23-15-8-18(26-3)17(25-2)7-13(15)19/h4-8,10H,1-3H3. The van der Waals surface area contributed by atoms with Gasteiger partial charge in [-0.2, -0.15) is 5.26 Å². The summed E-state index contributed by atoms with van der Waals surface area (Å²) in [6.45, 7) is 0. The Bertz CT molecular complexity index is 1030. The predicted molar refractivity (Wildman–Crippen MR) is 104 cm³/mol. The van der Waals surface area contributed by atoms with Crippen molar-refractivity contribution in [2.75, 3.05) is 26.2 Å². The second kappa shape index (κ2) is 7.28. The largest absolute Gasteiger partial charge is 0.493 e. The van der Waals surface area contributed by atoms with Gasteiger partial charge in [0.2, 0.25) is 0 Å². The molecular formula is C19H15Cl2N3O2. The molecule has 1 heterocycles. The molecule has 5 nitrogen and oxygen atoms in total. The van der Waals surface area contributed by atoms with Gasteiger partial charge in [-0.1, -0.05) is 23.2 Å². The molecule has 26 heavy (non-hydrogen) atoms. The Morgan fingerprint density at radius 1 is 1.08 bits per heavy atom. The van der Waals surface area contributed by atoms with Gasteiger partial charge in [-0.15, -0.1) is 0 Å². The number of hydrogen-bond acceptors (Lipinski definition) is 5. The van der Waals surface area contributed by atoms with Gasteiger partial charge in [0.25, 0.3) is 0 Å². The van der Waals surface area contributed by atoms with E-state index in [1.54, 1.807) is 44.6 Å². The lowest BCUT2D eigenvalue weighted by Crippen LogP contribution is -2.13. The minimum atomic E-state index is 0.415. The van der Waals surface area contributed by atoms with Crippen LogP contribution >= 0.6 is 23.2 Å². The highest BCUT2D eigenvalue weighted by Crippen LogP contribution is 2.41. The number of pyridine rings is 1. The summed E-state index contributed by atoms with van der Waals surface area (Å²) in [4.78, 5) is 6.21. The number of fused-ring (bicyclic) bond motifs is 1. The molecule has 7 heteroatoms. The zero-order valence-electron chi connectivity index (χ0n) is 14.4. The molecule has 0 atom stereocenters. The SMILES string of the molecule is COc1cc2ncc(C#N)c(N(C)c3ccc(Cl)cc3Cl)c2cc1OC. The van der Waals surface area contributed by atoms with Gasteiger partial charge in [0, 0.05) is 29.7 Å². The van der Waals surface area contributed by atoms with Gasteiger partial charge in [0.15, 0.2) is 11.5 Å². The second-order valence-corrected chi connectivity index (χ2v) is 6.36. The first-order chi connectivity index (χ1) is 12.5. The number of hydrogen-bond donors (Lipinski definition) is 0.